The summed E-state index contributed by atoms with van der Waals surface area (Å²) in [5, 5.41) is 3.55. The lowest BCUT2D eigenvalue weighted by Gasteiger charge is -2.16. The summed E-state index contributed by atoms with van der Waals surface area (Å²) in [4.78, 5) is 0. The number of ether oxygens (including phenoxy) is 1. The van der Waals surface area contributed by atoms with E-state index < -0.39 is 0 Å². The van der Waals surface area contributed by atoms with Crippen LogP contribution in [0.3, 0.4) is 0 Å². The summed E-state index contributed by atoms with van der Waals surface area (Å²) in [5.41, 5.74) is 0. The van der Waals surface area contributed by atoms with Gasteiger partial charge in [-0.25, -0.2) is 0 Å². The highest BCUT2D eigenvalue weighted by Crippen LogP contribution is 2.08. The Balaban J connectivity index is 2.10. The number of hydrogen-bond acceptors (Lipinski definition) is 2. The maximum atomic E-state index is 5.64. The van der Waals surface area contributed by atoms with Crippen LogP contribution >= 0.6 is 0 Å². The van der Waals surface area contributed by atoms with Gasteiger partial charge < -0.3 is 10.1 Å². The van der Waals surface area contributed by atoms with E-state index in [0.717, 1.165) is 18.9 Å². The quantitative estimate of drug-likeness (QED) is 0.660. The number of rotatable bonds is 9. The fourth-order valence-corrected chi connectivity index (χ4v) is 1.85. The second-order valence-electron chi connectivity index (χ2n) is 4.36. The SMILES string of the molecule is CCCCC(CC)NCCOc1ccccc1. The third-order valence-electron chi connectivity index (χ3n) is 2.95. The minimum absolute atomic E-state index is 0.648. The van der Waals surface area contributed by atoms with Crippen LogP contribution in [-0.4, -0.2) is 19.2 Å². The Morgan fingerprint density at radius 3 is 2.59 bits per heavy atom. The summed E-state index contributed by atoms with van der Waals surface area (Å²) in [6.07, 6.45) is 5.06. The highest BCUT2D eigenvalue weighted by atomic mass is 16.5. The van der Waals surface area contributed by atoms with E-state index in [1.54, 1.807) is 0 Å². The van der Waals surface area contributed by atoms with Gasteiger partial charge in [0.15, 0.2) is 0 Å². The van der Waals surface area contributed by atoms with Crippen LogP contribution in [0.1, 0.15) is 39.5 Å². The monoisotopic (exact) mass is 235 g/mol. The van der Waals surface area contributed by atoms with E-state index in [1.807, 2.05) is 30.3 Å². The minimum atomic E-state index is 0.648. The number of hydrogen-bond donors (Lipinski definition) is 1. The molecule has 0 aromatic heterocycles. The molecule has 1 aromatic rings. The molecule has 0 bridgehead atoms. The van der Waals surface area contributed by atoms with Crippen molar-refractivity contribution < 1.29 is 4.74 Å². The lowest BCUT2D eigenvalue weighted by atomic mass is 10.1. The first-order valence-electron chi connectivity index (χ1n) is 6.78. The van der Waals surface area contributed by atoms with Crippen molar-refractivity contribution in [3.63, 3.8) is 0 Å². The first kappa shape index (κ1) is 14.0. The summed E-state index contributed by atoms with van der Waals surface area (Å²) < 4.78 is 5.64. The van der Waals surface area contributed by atoms with Crippen molar-refractivity contribution in [1.29, 1.82) is 0 Å². The molecule has 0 heterocycles. The van der Waals surface area contributed by atoms with Gasteiger partial charge in [0.2, 0.25) is 0 Å². The van der Waals surface area contributed by atoms with Crippen LogP contribution in [0.2, 0.25) is 0 Å². The van der Waals surface area contributed by atoms with Crippen LogP contribution in [0.4, 0.5) is 0 Å². The number of nitrogens with one attached hydrogen (secondary N) is 1. The number of unbranched alkanes of at least 4 members (excludes halogenated alkanes) is 1. The van der Waals surface area contributed by atoms with E-state index >= 15 is 0 Å². The van der Waals surface area contributed by atoms with E-state index in [-0.39, 0.29) is 0 Å². The minimum Gasteiger partial charge on any atom is -0.492 e. The third kappa shape index (κ3) is 6.32. The Bertz CT molecular complexity index is 274. The molecule has 0 saturated carbocycles. The average Bonchev–Trinajstić information content (AvgIpc) is 2.39. The second kappa shape index (κ2) is 9.06. The van der Waals surface area contributed by atoms with Gasteiger partial charge in [-0.15, -0.1) is 0 Å². The topological polar surface area (TPSA) is 21.3 Å². The van der Waals surface area contributed by atoms with Crippen molar-refractivity contribution in [2.45, 2.75) is 45.6 Å². The maximum Gasteiger partial charge on any atom is 0.119 e. The average molecular weight is 235 g/mol. The second-order valence-corrected chi connectivity index (χ2v) is 4.36. The highest BCUT2D eigenvalue weighted by molar-refractivity contribution is 5.20. The molecule has 2 nitrogen and oxygen atoms in total. The van der Waals surface area contributed by atoms with Gasteiger partial charge in [0, 0.05) is 12.6 Å². The standard InChI is InChI=1S/C15H25NO/c1-3-5-9-14(4-2)16-12-13-17-15-10-7-6-8-11-15/h6-8,10-11,14,16H,3-5,9,12-13H2,1-2H3. The Morgan fingerprint density at radius 2 is 1.94 bits per heavy atom. The summed E-state index contributed by atoms with van der Waals surface area (Å²) in [6.45, 7) is 6.15. The molecule has 1 atom stereocenters. The van der Waals surface area contributed by atoms with Crippen molar-refractivity contribution in [2.24, 2.45) is 0 Å². The van der Waals surface area contributed by atoms with Gasteiger partial charge in [-0.2, -0.15) is 0 Å². The van der Waals surface area contributed by atoms with E-state index in [2.05, 4.69) is 19.2 Å². The maximum absolute atomic E-state index is 5.64. The zero-order chi connectivity index (χ0) is 12.3. The van der Waals surface area contributed by atoms with Crippen LogP contribution in [0.25, 0.3) is 0 Å². The Hall–Kier alpha value is -1.02. The summed E-state index contributed by atoms with van der Waals surface area (Å²) >= 11 is 0. The molecule has 1 rings (SSSR count). The zero-order valence-corrected chi connectivity index (χ0v) is 11.1. The number of para-hydroxylation sites is 1. The van der Waals surface area contributed by atoms with Gasteiger partial charge in [-0.3, -0.25) is 0 Å². The fourth-order valence-electron chi connectivity index (χ4n) is 1.85. The first-order valence-corrected chi connectivity index (χ1v) is 6.78. The lowest BCUT2D eigenvalue weighted by molar-refractivity contribution is 0.300. The van der Waals surface area contributed by atoms with Crippen molar-refractivity contribution in [3.8, 4) is 5.75 Å². The predicted molar refractivity (Wildman–Crippen MR) is 73.5 cm³/mol. The van der Waals surface area contributed by atoms with Gasteiger partial charge in [-0.1, -0.05) is 44.9 Å². The van der Waals surface area contributed by atoms with Crippen molar-refractivity contribution in [2.75, 3.05) is 13.2 Å². The fraction of sp³-hybridized carbons (Fsp3) is 0.600. The molecular formula is C15H25NO. The molecule has 0 amide bonds. The van der Waals surface area contributed by atoms with Crippen LogP contribution in [0.5, 0.6) is 5.75 Å². The van der Waals surface area contributed by atoms with Gasteiger partial charge in [0.1, 0.15) is 12.4 Å². The van der Waals surface area contributed by atoms with Crippen LogP contribution < -0.4 is 10.1 Å². The molecule has 0 spiro atoms. The molecule has 2 heteroatoms. The van der Waals surface area contributed by atoms with Gasteiger partial charge in [-0.05, 0) is 25.0 Å². The Kier molecular flexibility index (Phi) is 7.48. The van der Waals surface area contributed by atoms with Crippen LogP contribution in [-0.2, 0) is 0 Å². The molecule has 0 aliphatic carbocycles. The zero-order valence-electron chi connectivity index (χ0n) is 11.1. The normalized spacial score (nSPS) is 12.4. The van der Waals surface area contributed by atoms with E-state index in [1.165, 1.54) is 25.7 Å². The molecule has 17 heavy (non-hydrogen) atoms. The Morgan fingerprint density at radius 1 is 1.18 bits per heavy atom. The summed E-state index contributed by atoms with van der Waals surface area (Å²) in [6, 6.07) is 10.6. The smallest absolute Gasteiger partial charge is 0.119 e. The summed E-state index contributed by atoms with van der Waals surface area (Å²) in [5.74, 6) is 0.955. The van der Waals surface area contributed by atoms with E-state index in [0.29, 0.717) is 6.04 Å². The summed E-state index contributed by atoms with van der Waals surface area (Å²) in [7, 11) is 0. The molecule has 1 unspecified atom stereocenters. The first-order chi connectivity index (χ1) is 8.36. The van der Waals surface area contributed by atoms with Crippen molar-refractivity contribution >= 4 is 0 Å². The molecule has 1 N–H and O–H groups in total. The molecule has 0 radical (unpaired) electrons. The molecule has 0 aliphatic heterocycles. The predicted octanol–water partition coefficient (Wildman–Crippen LogP) is 3.62. The number of benzene rings is 1. The molecule has 1 aromatic carbocycles. The lowest BCUT2D eigenvalue weighted by Crippen LogP contribution is -2.32. The molecular weight excluding hydrogens is 210 g/mol. The molecule has 0 aliphatic rings. The largest absolute Gasteiger partial charge is 0.492 e. The van der Waals surface area contributed by atoms with E-state index in [9.17, 15) is 0 Å². The molecule has 0 fully saturated rings. The van der Waals surface area contributed by atoms with Gasteiger partial charge >= 0.3 is 0 Å². The third-order valence-corrected chi connectivity index (χ3v) is 2.95. The molecule has 96 valence electrons. The van der Waals surface area contributed by atoms with Gasteiger partial charge in [0.05, 0.1) is 0 Å². The highest BCUT2D eigenvalue weighted by Gasteiger charge is 2.03. The van der Waals surface area contributed by atoms with Crippen LogP contribution in [0.15, 0.2) is 30.3 Å². The Labute approximate surface area is 105 Å². The van der Waals surface area contributed by atoms with E-state index in [4.69, 9.17) is 4.74 Å². The van der Waals surface area contributed by atoms with Crippen molar-refractivity contribution in [3.05, 3.63) is 30.3 Å². The van der Waals surface area contributed by atoms with Crippen LogP contribution in [0, 0.1) is 0 Å². The van der Waals surface area contributed by atoms with Gasteiger partial charge in [0.25, 0.3) is 0 Å². The van der Waals surface area contributed by atoms with Crippen molar-refractivity contribution in [1.82, 2.24) is 5.32 Å². The molecule has 0 saturated heterocycles.